The van der Waals surface area contributed by atoms with E-state index < -0.39 is 0 Å². The van der Waals surface area contributed by atoms with Crippen LogP contribution in [0.5, 0.6) is 0 Å². The van der Waals surface area contributed by atoms with Crippen molar-refractivity contribution < 1.29 is 0 Å². The second-order valence-electron chi connectivity index (χ2n) is 3.58. The van der Waals surface area contributed by atoms with Crippen molar-refractivity contribution in [2.24, 2.45) is 0 Å². The van der Waals surface area contributed by atoms with Crippen LogP contribution in [0.25, 0.3) is 0 Å². The van der Waals surface area contributed by atoms with Crippen molar-refractivity contribution in [3.63, 3.8) is 0 Å². The Hall–Kier alpha value is -1.35. The van der Waals surface area contributed by atoms with Gasteiger partial charge in [0.2, 0.25) is 0 Å². The Balaban J connectivity index is 1.85. The molecule has 0 amide bonds. The Kier molecular flexibility index (Phi) is 3.94. The topological polar surface area (TPSA) is 25.8 Å². The lowest BCUT2D eigenvalue weighted by molar-refractivity contribution is 1.10. The lowest BCUT2D eigenvalue weighted by Crippen LogP contribution is -1.90. The highest BCUT2D eigenvalue weighted by atomic mass is 32.2. The van der Waals surface area contributed by atoms with E-state index in [0.29, 0.717) is 0 Å². The van der Waals surface area contributed by atoms with Crippen LogP contribution < -0.4 is 0 Å². The molecule has 0 saturated heterocycles. The zero-order valence-electron chi connectivity index (χ0n) is 9.26. The highest BCUT2D eigenvalue weighted by Gasteiger charge is 1.97. The van der Waals surface area contributed by atoms with E-state index in [-0.39, 0.29) is 0 Å². The molecule has 0 saturated carbocycles. The summed E-state index contributed by atoms with van der Waals surface area (Å²) < 4.78 is 0. The van der Waals surface area contributed by atoms with Gasteiger partial charge in [-0.2, -0.15) is 0 Å². The molecule has 0 N–H and O–H groups in total. The molecule has 0 aliphatic heterocycles. The number of hydrogen-bond donors (Lipinski definition) is 0. The maximum Gasteiger partial charge on any atom is 0.0505 e. The fourth-order valence-corrected chi connectivity index (χ4v) is 2.28. The predicted molar refractivity (Wildman–Crippen MR) is 68.2 cm³/mol. The summed E-state index contributed by atoms with van der Waals surface area (Å²) in [7, 11) is 0. The van der Waals surface area contributed by atoms with Crippen LogP contribution in [0.3, 0.4) is 0 Å². The molecule has 0 aromatic carbocycles. The molecule has 16 heavy (non-hydrogen) atoms. The van der Waals surface area contributed by atoms with Gasteiger partial charge in [-0.1, -0.05) is 12.1 Å². The van der Waals surface area contributed by atoms with Crippen molar-refractivity contribution in [2.45, 2.75) is 18.4 Å². The van der Waals surface area contributed by atoms with Crippen LogP contribution in [-0.2, 0) is 11.5 Å². The largest absolute Gasteiger partial charge is 0.260 e. The summed E-state index contributed by atoms with van der Waals surface area (Å²) in [6, 6.07) is 12.2. The first-order valence-electron chi connectivity index (χ1n) is 5.25. The van der Waals surface area contributed by atoms with Crippen LogP contribution in [0, 0.1) is 6.92 Å². The van der Waals surface area contributed by atoms with E-state index in [9.17, 15) is 0 Å². The minimum absolute atomic E-state index is 0.941. The van der Waals surface area contributed by atoms with Gasteiger partial charge in [0.15, 0.2) is 0 Å². The number of pyridine rings is 2. The zero-order chi connectivity index (χ0) is 11.2. The van der Waals surface area contributed by atoms with E-state index in [2.05, 4.69) is 28.2 Å². The maximum atomic E-state index is 4.46. The second kappa shape index (κ2) is 5.66. The predicted octanol–water partition coefficient (Wildman–Crippen LogP) is 3.22. The molecule has 2 aromatic rings. The van der Waals surface area contributed by atoms with E-state index in [1.54, 1.807) is 0 Å². The molecule has 0 radical (unpaired) electrons. The Morgan fingerprint density at radius 3 is 2.56 bits per heavy atom. The quantitative estimate of drug-likeness (QED) is 0.806. The molecule has 0 atom stereocenters. The van der Waals surface area contributed by atoms with Crippen molar-refractivity contribution in [1.29, 1.82) is 0 Å². The van der Waals surface area contributed by atoms with Gasteiger partial charge in [-0.3, -0.25) is 9.97 Å². The Bertz CT molecular complexity index is 443. The van der Waals surface area contributed by atoms with Crippen LogP contribution in [0.4, 0.5) is 0 Å². The Labute approximate surface area is 100 Å². The molecule has 0 aliphatic rings. The zero-order valence-corrected chi connectivity index (χ0v) is 10.1. The summed E-state index contributed by atoms with van der Waals surface area (Å²) in [6.07, 6.45) is 1.83. The summed E-state index contributed by atoms with van der Waals surface area (Å²) >= 11 is 1.84. The van der Waals surface area contributed by atoms with E-state index >= 15 is 0 Å². The van der Waals surface area contributed by atoms with Gasteiger partial charge in [0.25, 0.3) is 0 Å². The van der Waals surface area contributed by atoms with Gasteiger partial charge >= 0.3 is 0 Å². The third kappa shape index (κ3) is 3.35. The van der Waals surface area contributed by atoms with E-state index in [1.165, 1.54) is 0 Å². The van der Waals surface area contributed by atoms with Gasteiger partial charge in [0, 0.05) is 23.4 Å². The summed E-state index contributed by atoms with van der Waals surface area (Å²) in [5.41, 5.74) is 3.34. The molecule has 3 heteroatoms. The summed E-state index contributed by atoms with van der Waals surface area (Å²) in [4.78, 5) is 8.75. The average molecular weight is 230 g/mol. The fourth-order valence-electron chi connectivity index (χ4n) is 1.42. The first-order valence-corrected chi connectivity index (χ1v) is 6.40. The van der Waals surface area contributed by atoms with Gasteiger partial charge in [0.05, 0.1) is 11.4 Å². The van der Waals surface area contributed by atoms with Crippen molar-refractivity contribution in [3.8, 4) is 0 Å². The van der Waals surface area contributed by atoms with Gasteiger partial charge in [-0.05, 0) is 31.2 Å². The molecule has 0 spiro atoms. The molecule has 2 heterocycles. The molecule has 2 aromatic heterocycles. The molecule has 2 nitrogen and oxygen atoms in total. The molecule has 0 unspecified atom stereocenters. The van der Waals surface area contributed by atoms with Crippen LogP contribution >= 0.6 is 11.8 Å². The lowest BCUT2D eigenvalue weighted by Gasteiger charge is -2.01. The third-order valence-electron chi connectivity index (χ3n) is 2.17. The molecule has 0 bridgehead atoms. The van der Waals surface area contributed by atoms with Crippen molar-refractivity contribution in [1.82, 2.24) is 9.97 Å². The Morgan fingerprint density at radius 2 is 1.81 bits per heavy atom. The van der Waals surface area contributed by atoms with E-state index in [4.69, 9.17) is 0 Å². The van der Waals surface area contributed by atoms with Crippen molar-refractivity contribution in [3.05, 3.63) is 59.7 Å². The van der Waals surface area contributed by atoms with Gasteiger partial charge in [-0.15, -0.1) is 11.8 Å². The number of rotatable bonds is 4. The monoisotopic (exact) mass is 230 g/mol. The highest BCUT2D eigenvalue weighted by Crippen LogP contribution is 2.15. The Morgan fingerprint density at radius 1 is 1.00 bits per heavy atom. The third-order valence-corrected chi connectivity index (χ3v) is 3.17. The number of thioether (sulfide) groups is 1. The normalized spacial score (nSPS) is 10.3. The van der Waals surface area contributed by atoms with Crippen LogP contribution in [0.15, 0.2) is 42.6 Å². The molecule has 0 aliphatic carbocycles. The summed E-state index contributed by atoms with van der Waals surface area (Å²) in [5, 5.41) is 0. The summed E-state index contributed by atoms with van der Waals surface area (Å²) in [5.74, 6) is 1.88. The fraction of sp³-hybridized carbons (Fsp3) is 0.231. The molecule has 0 fully saturated rings. The van der Waals surface area contributed by atoms with Gasteiger partial charge in [-0.25, -0.2) is 0 Å². The highest BCUT2D eigenvalue weighted by molar-refractivity contribution is 7.97. The minimum Gasteiger partial charge on any atom is -0.260 e. The average Bonchev–Trinajstić information content (AvgIpc) is 2.30. The van der Waals surface area contributed by atoms with Gasteiger partial charge in [0.1, 0.15) is 0 Å². The first-order chi connectivity index (χ1) is 7.84. The molecule has 82 valence electrons. The number of nitrogens with zero attached hydrogens (tertiary/aromatic N) is 2. The van der Waals surface area contributed by atoms with Crippen molar-refractivity contribution >= 4 is 11.8 Å². The van der Waals surface area contributed by atoms with Crippen LogP contribution in [0.2, 0.25) is 0 Å². The van der Waals surface area contributed by atoms with E-state index in [0.717, 1.165) is 28.6 Å². The number of hydrogen-bond acceptors (Lipinski definition) is 3. The SMILES string of the molecule is Cc1cccc(CSCc2ccccn2)n1. The molecular formula is C13H14N2S. The smallest absolute Gasteiger partial charge is 0.0505 e. The number of aryl methyl sites for hydroxylation is 1. The number of aromatic nitrogens is 2. The van der Waals surface area contributed by atoms with Crippen LogP contribution in [-0.4, -0.2) is 9.97 Å². The van der Waals surface area contributed by atoms with Gasteiger partial charge < -0.3 is 0 Å². The molecular weight excluding hydrogens is 216 g/mol. The summed E-state index contributed by atoms with van der Waals surface area (Å²) in [6.45, 7) is 2.02. The standard InChI is InChI=1S/C13H14N2S/c1-11-5-4-7-13(15-11)10-16-9-12-6-2-3-8-14-12/h2-8H,9-10H2,1H3. The lowest BCUT2D eigenvalue weighted by atomic mass is 10.3. The first kappa shape index (κ1) is 11.1. The maximum absolute atomic E-state index is 4.46. The minimum atomic E-state index is 0.941. The second-order valence-corrected chi connectivity index (χ2v) is 4.57. The van der Waals surface area contributed by atoms with Crippen LogP contribution in [0.1, 0.15) is 17.1 Å². The van der Waals surface area contributed by atoms with E-state index in [1.807, 2.05) is 43.1 Å². The molecule has 2 rings (SSSR count). The van der Waals surface area contributed by atoms with Crippen molar-refractivity contribution in [2.75, 3.05) is 0 Å².